The molecule has 0 aliphatic carbocycles. The maximum atomic E-state index is 12.2. The lowest BCUT2D eigenvalue weighted by Gasteiger charge is -2.12. The molecule has 1 aromatic heterocycles. The summed E-state index contributed by atoms with van der Waals surface area (Å²) in [6.45, 7) is 4.35. The van der Waals surface area contributed by atoms with Gasteiger partial charge in [0.25, 0.3) is 11.8 Å². The quantitative estimate of drug-likeness (QED) is 0.861. The first kappa shape index (κ1) is 16.7. The molecule has 23 heavy (non-hydrogen) atoms. The number of amides is 2. The van der Waals surface area contributed by atoms with Crippen molar-refractivity contribution >= 4 is 11.8 Å². The van der Waals surface area contributed by atoms with Crippen molar-refractivity contribution in [2.24, 2.45) is 0 Å². The van der Waals surface area contributed by atoms with Crippen molar-refractivity contribution in [3.63, 3.8) is 0 Å². The third-order valence-corrected chi connectivity index (χ3v) is 3.55. The van der Waals surface area contributed by atoms with Gasteiger partial charge in [0.2, 0.25) is 0 Å². The van der Waals surface area contributed by atoms with Crippen LogP contribution in [0, 0.1) is 0 Å². The molecule has 2 amide bonds. The summed E-state index contributed by atoms with van der Waals surface area (Å²) in [7, 11) is 0. The summed E-state index contributed by atoms with van der Waals surface area (Å²) < 4.78 is 0. The second-order valence-corrected chi connectivity index (χ2v) is 5.41. The SMILES string of the molecule is CCC(C)NC(=O)c1cccc(C(=O)NCc2cccnc2)c1. The Balaban J connectivity index is 2.01. The minimum Gasteiger partial charge on any atom is -0.350 e. The average Bonchev–Trinajstić information content (AvgIpc) is 2.60. The van der Waals surface area contributed by atoms with Crippen LogP contribution in [0.1, 0.15) is 46.5 Å². The van der Waals surface area contributed by atoms with Crippen LogP contribution in [0.2, 0.25) is 0 Å². The van der Waals surface area contributed by atoms with Gasteiger partial charge in [-0.3, -0.25) is 14.6 Å². The number of pyridine rings is 1. The van der Waals surface area contributed by atoms with Gasteiger partial charge in [-0.15, -0.1) is 0 Å². The topological polar surface area (TPSA) is 71.1 Å². The maximum Gasteiger partial charge on any atom is 0.251 e. The number of nitrogens with one attached hydrogen (secondary N) is 2. The Bertz CT molecular complexity index is 671. The van der Waals surface area contributed by atoms with Crippen molar-refractivity contribution in [1.29, 1.82) is 0 Å². The van der Waals surface area contributed by atoms with Crippen LogP contribution in [0.3, 0.4) is 0 Å². The van der Waals surface area contributed by atoms with Gasteiger partial charge in [0.1, 0.15) is 0 Å². The molecule has 0 radical (unpaired) electrons. The zero-order chi connectivity index (χ0) is 16.7. The van der Waals surface area contributed by atoms with E-state index < -0.39 is 0 Å². The zero-order valence-corrected chi connectivity index (χ0v) is 13.4. The third-order valence-electron chi connectivity index (χ3n) is 3.55. The summed E-state index contributed by atoms with van der Waals surface area (Å²) in [5.74, 6) is -0.381. The molecular weight excluding hydrogens is 290 g/mol. The van der Waals surface area contributed by atoms with Crippen molar-refractivity contribution < 1.29 is 9.59 Å². The Morgan fingerprint density at radius 3 is 2.52 bits per heavy atom. The van der Waals surface area contributed by atoms with Crippen molar-refractivity contribution in [3.8, 4) is 0 Å². The van der Waals surface area contributed by atoms with Gasteiger partial charge >= 0.3 is 0 Å². The predicted molar refractivity (Wildman–Crippen MR) is 89.1 cm³/mol. The van der Waals surface area contributed by atoms with E-state index in [4.69, 9.17) is 0 Å². The Kier molecular flexibility index (Phi) is 5.86. The molecule has 5 nitrogen and oxygen atoms in total. The monoisotopic (exact) mass is 311 g/mol. The summed E-state index contributed by atoms with van der Waals surface area (Å²) in [5.41, 5.74) is 1.87. The summed E-state index contributed by atoms with van der Waals surface area (Å²) in [5, 5.41) is 5.71. The van der Waals surface area contributed by atoms with Crippen molar-refractivity contribution in [2.75, 3.05) is 0 Å². The van der Waals surface area contributed by atoms with Crippen LogP contribution in [0.15, 0.2) is 48.8 Å². The van der Waals surface area contributed by atoms with E-state index in [1.165, 1.54) is 0 Å². The first-order valence-electron chi connectivity index (χ1n) is 7.68. The summed E-state index contributed by atoms with van der Waals surface area (Å²) >= 11 is 0. The van der Waals surface area contributed by atoms with Gasteiger partial charge in [0, 0.05) is 36.1 Å². The highest BCUT2D eigenvalue weighted by Gasteiger charge is 2.11. The Hall–Kier alpha value is -2.69. The lowest BCUT2D eigenvalue weighted by molar-refractivity contribution is 0.0939. The Morgan fingerprint density at radius 2 is 1.87 bits per heavy atom. The van der Waals surface area contributed by atoms with Crippen LogP contribution < -0.4 is 10.6 Å². The van der Waals surface area contributed by atoms with Gasteiger partial charge in [-0.2, -0.15) is 0 Å². The number of hydrogen-bond acceptors (Lipinski definition) is 3. The van der Waals surface area contributed by atoms with Crippen LogP contribution in [-0.4, -0.2) is 22.8 Å². The molecule has 120 valence electrons. The first-order valence-corrected chi connectivity index (χ1v) is 7.68. The average molecular weight is 311 g/mol. The number of benzene rings is 1. The van der Waals surface area contributed by atoms with Crippen molar-refractivity contribution in [2.45, 2.75) is 32.9 Å². The van der Waals surface area contributed by atoms with E-state index in [9.17, 15) is 9.59 Å². The second kappa shape index (κ2) is 8.08. The van der Waals surface area contributed by atoms with Crippen LogP contribution >= 0.6 is 0 Å². The highest BCUT2D eigenvalue weighted by Crippen LogP contribution is 2.07. The third kappa shape index (κ3) is 4.92. The molecule has 2 aromatic rings. The van der Waals surface area contributed by atoms with Gasteiger partial charge in [-0.1, -0.05) is 19.1 Å². The Labute approximate surface area is 136 Å². The molecule has 5 heteroatoms. The molecular formula is C18H21N3O2. The Morgan fingerprint density at radius 1 is 1.13 bits per heavy atom. The molecule has 0 saturated carbocycles. The maximum absolute atomic E-state index is 12.2. The number of carbonyl (C=O) groups is 2. The molecule has 1 unspecified atom stereocenters. The van der Waals surface area contributed by atoms with Gasteiger partial charge < -0.3 is 10.6 Å². The second-order valence-electron chi connectivity index (χ2n) is 5.41. The summed E-state index contributed by atoms with van der Waals surface area (Å²) in [4.78, 5) is 28.3. The fraction of sp³-hybridized carbons (Fsp3) is 0.278. The largest absolute Gasteiger partial charge is 0.350 e. The van der Waals surface area contributed by atoms with Gasteiger partial charge in [0.05, 0.1) is 0 Å². The van der Waals surface area contributed by atoms with E-state index in [0.29, 0.717) is 17.7 Å². The first-order chi connectivity index (χ1) is 11.1. The lowest BCUT2D eigenvalue weighted by Crippen LogP contribution is -2.32. The van der Waals surface area contributed by atoms with Crippen LogP contribution in [0.4, 0.5) is 0 Å². The minimum absolute atomic E-state index is 0.102. The fourth-order valence-corrected chi connectivity index (χ4v) is 2.00. The molecule has 1 aromatic carbocycles. The molecule has 1 atom stereocenters. The number of hydrogen-bond donors (Lipinski definition) is 2. The van der Waals surface area contributed by atoms with Crippen LogP contribution in [-0.2, 0) is 6.54 Å². The molecule has 0 fully saturated rings. The number of nitrogens with zero attached hydrogens (tertiary/aromatic N) is 1. The van der Waals surface area contributed by atoms with Crippen LogP contribution in [0.25, 0.3) is 0 Å². The minimum atomic E-state index is -0.216. The van der Waals surface area contributed by atoms with Crippen molar-refractivity contribution in [1.82, 2.24) is 15.6 Å². The zero-order valence-electron chi connectivity index (χ0n) is 13.4. The molecule has 1 heterocycles. The summed E-state index contributed by atoms with van der Waals surface area (Å²) in [6, 6.07) is 10.5. The molecule has 0 spiro atoms. The lowest BCUT2D eigenvalue weighted by atomic mass is 10.1. The van der Waals surface area contributed by atoms with Crippen molar-refractivity contribution in [3.05, 3.63) is 65.5 Å². The van der Waals surface area contributed by atoms with E-state index in [1.807, 2.05) is 26.0 Å². The molecule has 0 saturated heterocycles. The van der Waals surface area contributed by atoms with E-state index >= 15 is 0 Å². The van der Waals surface area contributed by atoms with Gasteiger partial charge in [-0.25, -0.2) is 0 Å². The normalized spacial score (nSPS) is 11.6. The number of rotatable bonds is 6. The molecule has 0 aliphatic rings. The van der Waals surface area contributed by atoms with Gasteiger partial charge in [0.15, 0.2) is 0 Å². The van der Waals surface area contributed by atoms with E-state index in [2.05, 4.69) is 15.6 Å². The van der Waals surface area contributed by atoms with Gasteiger partial charge in [-0.05, 0) is 43.2 Å². The molecule has 0 bridgehead atoms. The standard InChI is InChI=1S/C18H21N3O2/c1-3-13(2)21-18(23)16-8-4-7-15(10-16)17(22)20-12-14-6-5-9-19-11-14/h4-11,13H,3,12H2,1-2H3,(H,20,22)(H,21,23). The molecule has 2 N–H and O–H groups in total. The predicted octanol–water partition coefficient (Wildman–Crippen LogP) is 2.54. The number of aromatic nitrogens is 1. The summed E-state index contributed by atoms with van der Waals surface area (Å²) in [6.07, 6.45) is 4.25. The smallest absolute Gasteiger partial charge is 0.251 e. The highest BCUT2D eigenvalue weighted by molar-refractivity contribution is 5.99. The van der Waals surface area contributed by atoms with E-state index in [-0.39, 0.29) is 17.9 Å². The van der Waals surface area contributed by atoms with E-state index in [1.54, 1.807) is 36.7 Å². The number of carbonyl (C=O) groups excluding carboxylic acids is 2. The fourth-order valence-electron chi connectivity index (χ4n) is 2.00. The van der Waals surface area contributed by atoms with Crippen LogP contribution in [0.5, 0.6) is 0 Å². The highest BCUT2D eigenvalue weighted by atomic mass is 16.2. The van der Waals surface area contributed by atoms with E-state index in [0.717, 1.165) is 12.0 Å². The molecule has 2 rings (SSSR count). The molecule has 0 aliphatic heterocycles.